The molecule has 0 bridgehead atoms. The maximum Gasteiger partial charge on any atom is 0.113 e. The SMILES string of the molecule is CCCCC1=CC=C[N+]1(C)C.[Cl-]. The molecular formula is C10H18ClN. The molecule has 0 aromatic heterocycles. The molecule has 0 N–H and O–H groups in total. The lowest BCUT2D eigenvalue weighted by Crippen LogP contribution is -3.00. The van der Waals surface area contributed by atoms with Crippen molar-refractivity contribution in [3.8, 4) is 0 Å². The number of halogens is 1. The van der Waals surface area contributed by atoms with Crippen LogP contribution in [0.25, 0.3) is 0 Å². The Hall–Kier alpha value is -0.270. The zero-order valence-corrected chi connectivity index (χ0v) is 8.93. The lowest BCUT2D eigenvalue weighted by atomic mass is 10.2. The van der Waals surface area contributed by atoms with Gasteiger partial charge in [0.05, 0.1) is 14.1 Å². The number of nitrogens with zero attached hydrogens (tertiary/aromatic N) is 1. The van der Waals surface area contributed by atoms with Gasteiger partial charge in [0.2, 0.25) is 0 Å². The number of unbranched alkanes of at least 4 members (excludes halogenated alkanes) is 1. The Balaban J connectivity index is 0.00000121. The monoisotopic (exact) mass is 187 g/mol. The summed E-state index contributed by atoms with van der Waals surface area (Å²) in [6.45, 7) is 2.24. The molecule has 0 unspecified atom stereocenters. The second kappa shape index (κ2) is 4.68. The molecule has 0 atom stereocenters. The highest BCUT2D eigenvalue weighted by atomic mass is 35.5. The van der Waals surface area contributed by atoms with Crippen LogP contribution in [-0.4, -0.2) is 18.6 Å². The third-order valence-electron chi connectivity index (χ3n) is 2.27. The van der Waals surface area contributed by atoms with E-state index in [-0.39, 0.29) is 12.4 Å². The van der Waals surface area contributed by atoms with Crippen LogP contribution >= 0.6 is 0 Å². The summed E-state index contributed by atoms with van der Waals surface area (Å²) >= 11 is 0. The third-order valence-corrected chi connectivity index (χ3v) is 2.27. The lowest BCUT2D eigenvalue weighted by Gasteiger charge is -2.23. The van der Waals surface area contributed by atoms with Gasteiger partial charge < -0.3 is 12.4 Å². The van der Waals surface area contributed by atoms with E-state index >= 15 is 0 Å². The summed E-state index contributed by atoms with van der Waals surface area (Å²) in [4.78, 5) is 0. The van der Waals surface area contributed by atoms with Gasteiger partial charge in [-0.25, -0.2) is 0 Å². The standard InChI is InChI=1S/C10H18N.ClH/c1-4-5-7-10-8-6-9-11(10,2)3;/h6,8-9H,4-5,7H2,1-3H3;1H/q+1;/p-1. The van der Waals surface area contributed by atoms with Gasteiger partial charge in [0.15, 0.2) is 0 Å². The molecule has 0 fully saturated rings. The molecular weight excluding hydrogens is 170 g/mol. The molecule has 1 aliphatic heterocycles. The van der Waals surface area contributed by atoms with E-state index in [1.54, 1.807) is 0 Å². The molecule has 1 heterocycles. The van der Waals surface area contributed by atoms with Crippen LogP contribution < -0.4 is 12.4 Å². The molecule has 0 amide bonds. The summed E-state index contributed by atoms with van der Waals surface area (Å²) < 4.78 is 0.958. The largest absolute Gasteiger partial charge is 1.00 e. The van der Waals surface area contributed by atoms with Crippen molar-refractivity contribution in [2.24, 2.45) is 0 Å². The number of hydrogen-bond acceptors (Lipinski definition) is 0. The highest BCUT2D eigenvalue weighted by Crippen LogP contribution is 2.23. The van der Waals surface area contributed by atoms with Crippen LogP contribution in [-0.2, 0) is 0 Å². The summed E-state index contributed by atoms with van der Waals surface area (Å²) in [5.74, 6) is 0. The van der Waals surface area contributed by atoms with E-state index in [1.807, 2.05) is 0 Å². The van der Waals surface area contributed by atoms with Crippen LogP contribution in [0.3, 0.4) is 0 Å². The minimum atomic E-state index is 0. The van der Waals surface area contributed by atoms with Crippen molar-refractivity contribution in [1.29, 1.82) is 0 Å². The predicted octanol–water partition coefficient (Wildman–Crippen LogP) is -0.332. The van der Waals surface area contributed by atoms with E-state index in [0.29, 0.717) is 0 Å². The van der Waals surface area contributed by atoms with Gasteiger partial charge in [0.25, 0.3) is 0 Å². The Morgan fingerprint density at radius 2 is 2.00 bits per heavy atom. The van der Waals surface area contributed by atoms with Gasteiger partial charge in [-0.05, 0) is 12.5 Å². The zero-order valence-electron chi connectivity index (χ0n) is 8.18. The van der Waals surface area contributed by atoms with Gasteiger partial charge in [-0.15, -0.1) is 0 Å². The van der Waals surface area contributed by atoms with Crippen LogP contribution in [0.15, 0.2) is 24.0 Å². The summed E-state index contributed by atoms with van der Waals surface area (Å²) in [7, 11) is 4.45. The van der Waals surface area contributed by atoms with Gasteiger partial charge >= 0.3 is 0 Å². The van der Waals surface area contributed by atoms with Crippen LogP contribution in [0.1, 0.15) is 26.2 Å². The number of rotatable bonds is 3. The summed E-state index contributed by atoms with van der Waals surface area (Å²) in [6.07, 6.45) is 10.5. The molecule has 0 aliphatic carbocycles. The van der Waals surface area contributed by atoms with E-state index in [1.165, 1.54) is 25.0 Å². The van der Waals surface area contributed by atoms with Crippen molar-refractivity contribution in [2.75, 3.05) is 14.1 Å². The van der Waals surface area contributed by atoms with Gasteiger partial charge in [0.1, 0.15) is 11.9 Å². The minimum Gasteiger partial charge on any atom is -1.00 e. The summed E-state index contributed by atoms with van der Waals surface area (Å²) in [5.41, 5.74) is 1.53. The van der Waals surface area contributed by atoms with Gasteiger partial charge in [-0.1, -0.05) is 13.3 Å². The molecule has 2 heteroatoms. The molecule has 1 aliphatic rings. The highest BCUT2D eigenvalue weighted by Gasteiger charge is 2.21. The van der Waals surface area contributed by atoms with E-state index in [2.05, 4.69) is 39.4 Å². The van der Waals surface area contributed by atoms with E-state index in [9.17, 15) is 0 Å². The van der Waals surface area contributed by atoms with Crippen molar-refractivity contribution in [1.82, 2.24) is 0 Å². The summed E-state index contributed by atoms with van der Waals surface area (Å²) in [5, 5.41) is 0. The van der Waals surface area contributed by atoms with Crippen LogP contribution in [0.4, 0.5) is 0 Å². The highest BCUT2D eigenvalue weighted by molar-refractivity contribution is 5.12. The van der Waals surface area contributed by atoms with Crippen molar-refractivity contribution in [3.63, 3.8) is 0 Å². The smallest absolute Gasteiger partial charge is 0.113 e. The second-order valence-electron chi connectivity index (χ2n) is 3.64. The van der Waals surface area contributed by atoms with Crippen LogP contribution in [0.2, 0.25) is 0 Å². The van der Waals surface area contributed by atoms with Crippen LogP contribution in [0.5, 0.6) is 0 Å². The lowest BCUT2D eigenvalue weighted by molar-refractivity contribution is -0.797. The van der Waals surface area contributed by atoms with Crippen molar-refractivity contribution in [3.05, 3.63) is 24.0 Å². The fourth-order valence-corrected chi connectivity index (χ4v) is 1.39. The molecule has 0 spiro atoms. The number of hydrogen-bond donors (Lipinski definition) is 0. The minimum absolute atomic E-state index is 0. The first-order valence-corrected chi connectivity index (χ1v) is 4.39. The fourth-order valence-electron chi connectivity index (χ4n) is 1.39. The van der Waals surface area contributed by atoms with Gasteiger partial charge in [-0.3, -0.25) is 4.48 Å². The molecule has 0 aromatic carbocycles. The van der Waals surface area contributed by atoms with E-state index in [4.69, 9.17) is 0 Å². The number of quaternary nitrogens is 1. The molecule has 0 saturated heterocycles. The van der Waals surface area contributed by atoms with Crippen molar-refractivity contribution >= 4 is 0 Å². The Morgan fingerprint density at radius 1 is 1.33 bits per heavy atom. The molecule has 0 aromatic rings. The summed E-state index contributed by atoms with van der Waals surface area (Å²) in [6, 6.07) is 0. The average Bonchev–Trinajstić information content (AvgIpc) is 2.25. The second-order valence-corrected chi connectivity index (χ2v) is 3.64. The molecule has 1 nitrogen and oxygen atoms in total. The van der Waals surface area contributed by atoms with Gasteiger partial charge in [0, 0.05) is 12.5 Å². The Kier molecular flexibility index (Phi) is 4.58. The first-order valence-electron chi connectivity index (χ1n) is 4.39. The maximum absolute atomic E-state index is 2.25. The maximum atomic E-state index is 2.25. The van der Waals surface area contributed by atoms with Crippen molar-refractivity contribution < 1.29 is 16.9 Å². The Morgan fingerprint density at radius 3 is 2.42 bits per heavy atom. The Labute approximate surface area is 81.8 Å². The molecule has 0 saturated carbocycles. The quantitative estimate of drug-likeness (QED) is 0.531. The molecule has 1 rings (SSSR count). The normalized spacial score (nSPS) is 18.8. The van der Waals surface area contributed by atoms with Crippen molar-refractivity contribution in [2.45, 2.75) is 26.2 Å². The molecule has 70 valence electrons. The first-order chi connectivity index (χ1) is 5.17. The fraction of sp³-hybridized carbons (Fsp3) is 0.600. The topological polar surface area (TPSA) is 0 Å². The third kappa shape index (κ3) is 2.65. The number of allylic oxidation sites excluding steroid dienone is 3. The van der Waals surface area contributed by atoms with E-state index in [0.717, 1.165) is 4.48 Å². The first kappa shape index (κ1) is 11.7. The molecule has 12 heavy (non-hydrogen) atoms. The molecule has 0 radical (unpaired) electrons. The zero-order chi connectivity index (χ0) is 8.32. The van der Waals surface area contributed by atoms with Crippen LogP contribution in [0, 0.1) is 0 Å². The Bertz CT molecular complexity index is 192. The average molecular weight is 188 g/mol. The predicted molar refractivity (Wildman–Crippen MR) is 48.9 cm³/mol. The van der Waals surface area contributed by atoms with Gasteiger partial charge in [-0.2, -0.15) is 0 Å². The van der Waals surface area contributed by atoms with E-state index < -0.39 is 0 Å².